The zero-order chi connectivity index (χ0) is 18.0. The molecule has 2 heterocycles. The van der Waals surface area contributed by atoms with Gasteiger partial charge in [0.25, 0.3) is 0 Å². The molecule has 0 saturated carbocycles. The van der Waals surface area contributed by atoms with Crippen LogP contribution in [0, 0.1) is 5.82 Å². The van der Waals surface area contributed by atoms with E-state index in [0.717, 1.165) is 10.5 Å². The third-order valence-electron chi connectivity index (χ3n) is 3.72. The quantitative estimate of drug-likeness (QED) is 0.824. The number of hydrogen-bond donors (Lipinski definition) is 2. The highest BCUT2D eigenvalue weighted by atomic mass is 32.2. The van der Waals surface area contributed by atoms with E-state index in [1.54, 1.807) is 6.07 Å². The van der Waals surface area contributed by atoms with Crippen LogP contribution in [0.3, 0.4) is 0 Å². The van der Waals surface area contributed by atoms with Crippen molar-refractivity contribution in [2.45, 2.75) is 13.0 Å². The highest BCUT2D eigenvalue weighted by Gasteiger charge is 2.30. The maximum absolute atomic E-state index is 14.3. The van der Waals surface area contributed by atoms with Gasteiger partial charge in [0.05, 0.1) is 23.8 Å². The normalized spacial score (nSPS) is 16.0. The second-order valence-electron chi connectivity index (χ2n) is 5.47. The summed E-state index contributed by atoms with van der Waals surface area (Å²) >= 11 is 0. The van der Waals surface area contributed by atoms with Crippen LogP contribution in [-0.2, 0) is 16.6 Å². The number of anilines is 2. The average Bonchev–Trinajstić information content (AvgIpc) is 2.92. The standard InChI is InChI=1S/C15H15FN4O4S/c16-11-6-10(2-3-13(11)20-4-1-5-25(20,23)24)7-18-14-9-17-12(8-19-14)15(21)22/h2-3,6,8-9H,1,4-5,7H2,(H,18,19)(H,21,22). The molecule has 25 heavy (non-hydrogen) atoms. The van der Waals surface area contributed by atoms with E-state index in [2.05, 4.69) is 15.3 Å². The summed E-state index contributed by atoms with van der Waals surface area (Å²) in [6, 6.07) is 4.32. The number of aromatic carboxylic acids is 1. The molecular formula is C15H15FN4O4S. The van der Waals surface area contributed by atoms with Crippen LogP contribution < -0.4 is 9.62 Å². The van der Waals surface area contributed by atoms with Crippen molar-refractivity contribution in [3.05, 3.63) is 47.7 Å². The molecule has 0 bridgehead atoms. The van der Waals surface area contributed by atoms with Crippen LogP contribution in [0.15, 0.2) is 30.6 Å². The summed E-state index contributed by atoms with van der Waals surface area (Å²) in [5.41, 5.74) is 0.460. The topological polar surface area (TPSA) is 112 Å². The van der Waals surface area contributed by atoms with Gasteiger partial charge >= 0.3 is 5.97 Å². The van der Waals surface area contributed by atoms with Crippen LogP contribution in [0.1, 0.15) is 22.5 Å². The molecule has 0 radical (unpaired) electrons. The molecule has 0 amide bonds. The van der Waals surface area contributed by atoms with Gasteiger partial charge in [0.15, 0.2) is 5.69 Å². The van der Waals surface area contributed by atoms with E-state index in [-0.39, 0.29) is 30.2 Å². The monoisotopic (exact) mass is 366 g/mol. The van der Waals surface area contributed by atoms with E-state index in [1.165, 1.54) is 18.3 Å². The molecule has 3 rings (SSSR count). The van der Waals surface area contributed by atoms with Crippen molar-refractivity contribution in [1.82, 2.24) is 9.97 Å². The molecule has 0 unspecified atom stereocenters. The fraction of sp³-hybridized carbons (Fsp3) is 0.267. The Hall–Kier alpha value is -2.75. The van der Waals surface area contributed by atoms with Gasteiger partial charge in [0.2, 0.25) is 10.0 Å². The molecule has 2 N–H and O–H groups in total. The van der Waals surface area contributed by atoms with Crippen molar-refractivity contribution < 1.29 is 22.7 Å². The molecule has 1 aromatic carbocycles. The smallest absolute Gasteiger partial charge is 0.356 e. The number of halogens is 1. The lowest BCUT2D eigenvalue weighted by molar-refractivity contribution is 0.0690. The number of carboxylic acid groups (broad SMARTS) is 1. The van der Waals surface area contributed by atoms with E-state index in [0.29, 0.717) is 17.8 Å². The predicted molar refractivity (Wildman–Crippen MR) is 88.5 cm³/mol. The van der Waals surface area contributed by atoms with Crippen LogP contribution in [0.5, 0.6) is 0 Å². The fourth-order valence-corrected chi connectivity index (χ4v) is 4.06. The molecule has 1 fully saturated rings. The number of sulfonamides is 1. The summed E-state index contributed by atoms with van der Waals surface area (Å²) in [6.45, 7) is 0.507. The van der Waals surface area contributed by atoms with Gasteiger partial charge in [-0.25, -0.2) is 27.6 Å². The number of rotatable bonds is 5. The first-order chi connectivity index (χ1) is 11.9. The molecule has 10 heteroatoms. The van der Waals surface area contributed by atoms with Gasteiger partial charge < -0.3 is 10.4 Å². The fourth-order valence-electron chi connectivity index (χ4n) is 2.50. The van der Waals surface area contributed by atoms with E-state index in [1.807, 2.05) is 0 Å². The summed E-state index contributed by atoms with van der Waals surface area (Å²) in [7, 11) is -3.43. The van der Waals surface area contributed by atoms with Crippen molar-refractivity contribution in [3.8, 4) is 0 Å². The largest absolute Gasteiger partial charge is 0.476 e. The first kappa shape index (κ1) is 17.1. The van der Waals surface area contributed by atoms with Gasteiger partial charge in [-0.15, -0.1) is 0 Å². The van der Waals surface area contributed by atoms with E-state index < -0.39 is 21.8 Å². The molecule has 8 nitrogen and oxygen atoms in total. The molecule has 0 aliphatic carbocycles. The lowest BCUT2D eigenvalue weighted by Crippen LogP contribution is -2.26. The third kappa shape index (κ3) is 3.68. The number of nitrogens with zero attached hydrogens (tertiary/aromatic N) is 3. The summed E-state index contributed by atoms with van der Waals surface area (Å²) in [5, 5.41) is 11.7. The number of carboxylic acids is 1. The van der Waals surface area contributed by atoms with Crippen molar-refractivity contribution in [1.29, 1.82) is 0 Å². The molecule has 1 aromatic heterocycles. The number of nitrogens with one attached hydrogen (secondary N) is 1. The Morgan fingerprint density at radius 2 is 2.12 bits per heavy atom. The molecular weight excluding hydrogens is 351 g/mol. The first-order valence-corrected chi connectivity index (χ1v) is 9.06. The summed E-state index contributed by atoms with van der Waals surface area (Å²) < 4.78 is 39.1. The van der Waals surface area contributed by atoms with Crippen molar-refractivity contribution in [2.75, 3.05) is 21.9 Å². The van der Waals surface area contributed by atoms with Gasteiger partial charge in [-0.05, 0) is 24.1 Å². The van der Waals surface area contributed by atoms with E-state index in [9.17, 15) is 17.6 Å². The Labute approximate surface area is 143 Å². The van der Waals surface area contributed by atoms with Gasteiger partial charge in [-0.2, -0.15) is 0 Å². The van der Waals surface area contributed by atoms with Crippen molar-refractivity contribution in [3.63, 3.8) is 0 Å². The Balaban J connectivity index is 1.70. The highest BCUT2D eigenvalue weighted by Crippen LogP contribution is 2.27. The van der Waals surface area contributed by atoms with Gasteiger partial charge in [-0.3, -0.25) is 4.31 Å². The van der Waals surface area contributed by atoms with Crippen LogP contribution in [-0.4, -0.2) is 41.8 Å². The summed E-state index contributed by atoms with van der Waals surface area (Å²) in [5.74, 6) is -1.41. The summed E-state index contributed by atoms with van der Waals surface area (Å²) in [6.07, 6.45) is 2.87. The Morgan fingerprint density at radius 1 is 1.32 bits per heavy atom. The number of benzene rings is 1. The Kier molecular flexibility index (Phi) is 4.53. The zero-order valence-corrected chi connectivity index (χ0v) is 13.8. The van der Waals surface area contributed by atoms with Gasteiger partial charge in [0.1, 0.15) is 11.6 Å². The van der Waals surface area contributed by atoms with E-state index >= 15 is 0 Å². The number of aromatic nitrogens is 2. The number of hydrogen-bond acceptors (Lipinski definition) is 6. The van der Waals surface area contributed by atoms with Crippen molar-refractivity contribution in [2.24, 2.45) is 0 Å². The van der Waals surface area contributed by atoms with Crippen LogP contribution in [0.2, 0.25) is 0 Å². The molecule has 1 saturated heterocycles. The molecule has 1 aliphatic heterocycles. The number of carbonyl (C=O) groups is 1. The third-order valence-corrected chi connectivity index (χ3v) is 5.58. The zero-order valence-electron chi connectivity index (χ0n) is 13.0. The van der Waals surface area contributed by atoms with E-state index in [4.69, 9.17) is 5.11 Å². The second-order valence-corrected chi connectivity index (χ2v) is 7.49. The summed E-state index contributed by atoms with van der Waals surface area (Å²) in [4.78, 5) is 18.3. The Morgan fingerprint density at radius 3 is 2.68 bits per heavy atom. The predicted octanol–water partition coefficient (Wildman–Crippen LogP) is 1.47. The molecule has 1 aliphatic rings. The van der Waals surface area contributed by atoms with Gasteiger partial charge in [-0.1, -0.05) is 6.07 Å². The molecule has 132 valence electrons. The lowest BCUT2D eigenvalue weighted by atomic mass is 10.2. The second kappa shape index (κ2) is 6.63. The first-order valence-electron chi connectivity index (χ1n) is 7.45. The van der Waals surface area contributed by atoms with Crippen LogP contribution in [0.4, 0.5) is 15.9 Å². The maximum Gasteiger partial charge on any atom is 0.356 e. The molecule has 0 spiro atoms. The van der Waals surface area contributed by atoms with Gasteiger partial charge in [0, 0.05) is 13.1 Å². The minimum atomic E-state index is -3.43. The Bertz CT molecular complexity index is 902. The SMILES string of the molecule is O=C(O)c1cnc(NCc2ccc(N3CCCS3(=O)=O)c(F)c2)cn1. The molecule has 2 aromatic rings. The molecule has 0 atom stereocenters. The highest BCUT2D eigenvalue weighted by molar-refractivity contribution is 7.93. The lowest BCUT2D eigenvalue weighted by Gasteiger charge is -2.18. The minimum Gasteiger partial charge on any atom is -0.476 e. The minimum absolute atomic E-state index is 0.0285. The average molecular weight is 366 g/mol. The van der Waals surface area contributed by atoms with Crippen LogP contribution >= 0.6 is 0 Å². The maximum atomic E-state index is 14.3. The van der Waals surface area contributed by atoms with Crippen molar-refractivity contribution >= 4 is 27.5 Å². The van der Waals surface area contributed by atoms with Crippen LogP contribution in [0.25, 0.3) is 0 Å².